The molecule has 2 heterocycles. The molecule has 1 aromatic carbocycles. The summed E-state index contributed by atoms with van der Waals surface area (Å²) in [6, 6.07) is 8.54. The van der Waals surface area contributed by atoms with Crippen molar-refractivity contribution in [3.63, 3.8) is 0 Å². The molecule has 0 unspecified atom stereocenters. The van der Waals surface area contributed by atoms with Crippen molar-refractivity contribution in [2.24, 2.45) is 14.1 Å². The van der Waals surface area contributed by atoms with Crippen LogP contribution in [0.25, 0.3) is 11.3 Å². The predicted molar refractivity (Wildman–Crippen MR) is 95.3 cm³/mol. The molecule has 0 aliphatic heterocycles. The molecule has 0 fully saturated rings. The minimum absolute atomic E-state index is 0.173. The Kier molecular flexibility index (Phi) is 4.43. The largest absolute Gasteiger partial charge is 0.347 e. The molecule has 10 heteroatoms. The van der Waals surface area contributed by atoms with Crippen LogP contribution in [0.1, 0.15) is 11.1 Å². The van der Waals surface area contributed by atoms with Crippen molar-refractivity contribution >= 4 is 0 Å². The van der Waals surface area contributed by atoms with Gasteiger partial charge in [0, 0.05) is 20.3 Å². The lowest BCUT2D eigenvalue weighted by Gasteiger charge is -2.10. The number of aromatic nitrogens is 5. The van der Waals surface area contributed by atoms with Gasteiger partial charge in [0.05, 0.1) is 23.7 Å². The van der Waals surface area contributed by atoms with Crippen molar-refractivity contribution in [3.8, 4) is 17.3 Å². The monoisotopic (exact) mass is 366 g/mol. The van der Waals surface area contributed by atoms with E-state index in [-0.39, 0.29) is 17.8 Å². The maximum atomic E-state index is 12.8. The SMILES string of the molecule is Cn1nc(-c2c[nH]n(C)c(=O)c2=O)c(=O)n(Cc2ccccc2C#N)c1=O. The van der Waals surface area contributed by atoms with Crippen LogP contribution in [-0.4, -0.2) is 24.1 Å². The summed E-state index contributed by atoms with van der Waals surface area (Å²) in [6.07, 6.45) is 1.19. The van der Waals surface area contributed by atoms with Crippen LogP contribution in [0.5, 0.6) is 0 Å². The van der Waals surface area contributed by atoms with E-state index < -0.39 is 22.2 Å². The zero-order valence-electron chi connectivity index (χ0n) is 14.5. The van der Waals surface area contributed by atoms with Gasteiger partial charge in [-0.25, -0.2) is 9.48 Å². The maximum absolute atomic E-state index is 12.8. The highest BCUT2D eigenvalue weighted by Crippen LogP contribution is 2.08. The van der Waals surface area contributed by atoms with Crippen LogP contribution in [-0.2, 0) is 20.6 Å². The molecular formula is C17H14N6O4. The minimum Gasteiger partial charge on any atom is -0.302 e. The summed E-state index contributed by atoms with van der Waals surface area (Å²) in [5.41, 5.74) is -3.09. The number of nitrogens with one attached hydrogen (secondary N) is 1. The molecule has 3 aromatic rings. The van der Waals surface area contributed by atoms with Crippen LogP contribution in [0, 0.1) is 11.3 Å². The molecule has 0 saturated carbocycles. The van der Waals surface area contributed by atoms with Gasteiger partial charge >= 0.3 is 11.2 Å². The lowest BCUT2D eigenvalue weighted by atomic mass is 10.1. The van der Waals surface area contributed by atoms with Gasteiger partial charge in [0.2, 0.25) is 0 Å². The van der Waals surface area contributed by atoms with E-state index in [1.54, 1.807) is 24.3 Å². The summed E-state index contributed by atoms with van der Waals surface area (Å²) in [7, 11) is 2.69. The first-order valence-corrected chi connectivity index (χ1v) is 7.80. The van der Waals surface area contributed by atoms with Crippen LogP contribution in [0.2, 0.25) is 0 Å². The standard InChI is InChI=1S/C17H14N6O4/c1-21-16(26)14(24)12(8-19-21)13-15(25)23(17(27)22(2)20-13)9-11-6-4-3-5-10(11)7-18/h3-6,8,19H,9H2,1-2H3. The summed E-state index contributed by atoms with van der Waals surface area (Å²) in [6.45, 7) is -0.173. The summed E-state index contributed by atoms with van der Waals surface area (Å²) < 4.78 is 2.74. The summed E-state index contributed by atoms with van der Waals surface area (Å²) >= 11 is 0. The Hall–Kier alpha value is -4.00. The van der Waals surface area contributed by atoms with Gasteiger partial charge in [-0.2, -0.15) is 10.4 Å². The second kappa shape index (κ2) is 6.72. The van der Waals surface area contributed by atoms with Gasteiger partial charge in [-0.3, -0.25) is 23.6 Å². The van der Waals surface area contributed by atoms with Crippen LogP contribution in [0.15, 0.2) is 49.6 Å². The van der Waals surface area contributed by atoms with Gasteiger partial charge < -0.3 is 5.10 Å². The van der Waals surface area contributed by atoms with E-state index in [1.807, 2.05) is 6.07 Å². The van der Waals surface area contributed by atoms with Crippen molar-refractivity contribution in [2.45, 2.75) is 6.54 Å². The lowest BCUT2D eigenvalue weighted by molar-refractivity contribution is 0.577. The number of aromatic amines is 1. The molecule has 0 aliphatic carbocycles. The Labute approximate surface area is 151 Å². The molecule has 1 N–H and O–H groups in total. The topological polar surface area (TPSA) is 136 Å². The number of hydrogen-bond acceptors (Lipinski definition) is 6. The first-order valence-electron chi connectivity index (χ1n) is 7.80. The van der Waals surface area contributed by atoms with E-state index in [0.717, 1.165) is 13.9 Å². The number of H-pyrrole nitrogens is 1. The van der Waals surface area contributed by atoms with Crippen molar-refractivity contribution in [3.05, 3.63) is 83.0 Å². The third-order valence-electron chi connectivity index (χ3n) is 4.07. The van der Waals surface area contributed by atoms with Crippen LogP contribution in [0.3, 0.4) is 0 Å². The Balaban J connectivity index is 2.27. The van der Waals surface area contributed by atoms with E-state index in [2.05, 4.69) is 10.2 Å². The highest BCUT2D eigenvalue weighted by Gasteiger charge is 2.18. The molecule has 10 nitrogen and oxygen atoms in total. The quantitative estimate of drug-likeness (QED) is 0.586. The first-order chi connectivity index (χ1) is 12.8. The van der Waals surface area contributed by atoms with Crippen molar-refractivity contribution in [1.29, 1.82) is 5.26 Å². The van der Waals surface area contributed by atoms with Gasteiger partial charge in [-0.05, 0) is 11.6 Å². The van der Waals surface area contributed by atoms with Crippen molar-refractivity contribution in [2.75, 3.05) is 0 Å². The Morgan fingerprint density at radius 3 is 2.52 bits per heavy atom. The molecule has 0 radical (unpaired) electrons. The zero-order valence-corrected chi connectivity index (χ0v) is 14.5. The molecule has 136 valence electrons. The zero-order chi connectivity index (χ0) is 19.7. The Morgan fingerprint density at radius 2 is 1.81 bits per heavy atom. The van der Waals surface area contributed by atoms with E-state index >= 15 is 0 Å². The Morgan fingerprint density at radius 1 is 1.11 bits per heavy atom. The number of benzene rings is 1. The van der Waals surface area contributed by atoms with Gasteiger partial charge in [-0.1, -0.05) is 18.2 Å². The highest BCUT2D eigenvalue weighted by molar-refractivity contribution is 5.55. The Bertz CT molecular complexity index is 1320. The van der Waals surface area contributed by atoms with E-state index in [1.165, 1.54) is 20.3 Å². The molecule has 2 aromatic heterocycles. The minimum atomic E-state index is -0.913. The number of aryl methyl sites for hydroxylation is 2. The van der Waals surface area contributed by atoms with Crippen molar-refractivity contribution in [1.82, 2.24) is 24.1 Å². The second-order valence-corrected chi connectivity index (χ2v) is 5.80. The smallest absolute Gasteiger partial charge is 0.302 e. The fraction of sp³-hybridized carbons (Fsp3) is 0.176. The number of rotatable bonds is 3. The van der Waals surface area contributed by atoms with Gasteiger partial charge in [0.15, 0.2) is 5.69 Å². The predicted octanol–water partition coefficient (Wildman–Crippen LogP) is -1.08. The van der Waals surface area contributed by atoms with Crippen molar-refractivity contribution < 1.29 is 0 Å². The second-order valence-electron chi connectivity index (χ2n) is 5.80. The third-order valence-corrected chi connectivity index (χ3v) is 4.07. The van der Waals surface area contributed by atoms with Gasteiger partial charge in [0.1, 0.15) is 0 Å². The van der Waals surface area contributed by atoms with E-state index in [4.69, 9.17) is 0 Å². The van der Waals surface area contributed by atoms with E-state index in [0.29, 0.717) is 11.1 Å². The molecule has 0 aliphatic rings. The highest BCUT2D eigenvalue weighted by atomic mass is 16.2. The third kappa shape index (κ3) is 3.02. The lowest BCUT2D eigenvalue weighted by Crippen LogP contribution is -2.43. The fourth-order valence-electron chi connectivity index (χ4n) is 2.60. The summed E-state index contributed by atoms with van der Waals surface area (Å²) in [5, 5.41) is 15.6. The van der Waals surface area contributed by atoms with Gasteiger partial charge in [0.25, 0.3) is 11.0 Å². The first kappa shape index (κ1) is 17.8. The molecule has 0 bridgehead atoms. The molecule has 0 atom stereocenters. The summed E-state index contributed by atoms with van der Waals surface area (Å²) in [4.78, 5) is 49.3. The molecule has 0 spiro atoms. The number of nitrogens with zero attached hydrogens (tertiary/aromatic N) is 5. The summed E-state index contributed by atoms with van der Waals surface area (Å²) in [5.74, 6) is 0. The normalized spacial score (nSPS) is 10.6. The van der Waals surface area contributed by atoms with Crippen LogP contribution in [0.4, 0.5) is 0 Å². The maximum Gasteiger partial charge on any atom is 0.347 e. The van der Waals surface area contributed by atoms with Gasteiger partial charge in [-0.15, -0.1) is 0 Å². The average molecular weight is 366 g/mol. The van der Waals surface area contributed by atoms with Crippen LogP contribution < -0.4 is 22.2 Å². The molecule has 27 heavy (non-hydrogen) atoms. The molecular weight excluding hydrogens is 352 g/mol. The number of nitriles is 1. The number of hydrogen-bond donors (Lipinski definition) is 1. The molecule has 3 rings (SSSR count). The average Bonchev–Trinajstić information content (AvgIpc) is 2.67. The molecule has 0 amide bonds. The molecule has 0 saturated heterocycles. The fourth-order valence-corrected chi connectivity index (χ4v) is 2.60. The van der Waals surface area contributed by atoms with E-state index in [9.17, 15) is 24.4 Å². The van der Waals surface area contributed by atoms with Crippen LogP contribution >= 0.6 is 0 Å².